The van der Waals surface area contributed by atoms with Gasteiger partial charge in [0.25, 0.3) is 5.56 Å². The highest BCUT2D eigenvalue weighted by atomic mass is 16.5. The first-order chi connectivity index (χ1) is 13.6. The maximum atomic E-state index is 12.4. The molecule has 28 heavy (non-hydrogen) atoms. The van der Waals surface area contributed by atoms with Gasteiger partial charge in [0, 0.05) is 5.56 Å². The van der Waals surface area contributed by atoms with E-state index in [9.17, 15) is 14.7 Å². The van der Waals surface area contributed by atoms with Gasteiger partial charge in [0.2, 0.25) is 0 Å². The average molecular weight is 372 g/mol. The number of nitrogens with one attached hydrogen (secondary N) is 1. The summed E-state index contributed by atoms with van der Waals surface area (Å²) in [6.45, 7) is 0. The van der Waals surface area contributed by atoms with Gasteiger partial charge in [-0.2, -0.15) is 0 Å². The number of aromatic amines is 1. The second kappa shape index (κ2) is 7.00. The summed E-state index contributed by atoms with van der Waals surface area (Å²) >= 11 is 0. The van der Waals surface area contributed by atoms with Gasteiger partial charge in [0.1, 0.15) is 11.6 Å². The minimum Gasteiger partial charge on any atom is -0.507 e. The standard InChI is InChI=1S/C22H16N2O4/c1-28-22(27)14-7-4-6-13(12-14)15-9-5-10-17(19(15)25)20-23-18-11-3-2-8-16(18)21(26)24-20/h2-12,25H,1H3,(H,23,24,26). The van der Waals surface area contributed by atoms with E-state index in [0.717, 1.165) is 0 Å². The van der Waals surface area contributed by atoms with Gasteiger partial charge in [-0.05, 0) is 35.9 Å². The summed E-state index contributed by atoms with van der Waals surface area (Å²) in [5, 5.41) is 11.3. The zero-order valence-corrected chi connectivity index (χ0v) is 15.0. The molecule has 1 aromatic heterocycles. The van der Waals surface area contributed by atoms with Gasteiger partial charge in [-0.3, -0.25) is 4.79 Å². The number of hydrogen-bond donors (Lipinski definition) is 2. The monoisotopic (exact) mass is 372 g/mol. The van der Waals surface area contributed by atoms with E-state index in [4.69, 9.17) is 4.74 Å². The number of methoxy groups -OCH3 is 1. The average Bonchev–Trinajstić information content (AvgIpc) is 2.73. The summed E-state index contributed by atoms with van der Waals surface area (Å²) in [6, 6.07) is 18.9. The Morgan fingerprint density at radius 3 is 2.57 bits per heavy atom. The van der Waals surface area contributed by atoms with Crippen molar-refractivity contribution in [1.82, 2.24) is 9.97 Å². The number of hydrogen-bond acceptors (Lipinski definition) is 5. The Bertz CT molecular complexity index is 1260. The minimum atomic E-state index is -0.460. The molecular weight excluding hydrogens is 356 g/mol. The summed E-state index contributed by atoms with van der Waals surface area (Å²) in [5.74, 6) is -0.229. The molecule has 0 aliphatic carbocycles. The van der Waals surface area contributed by atoms with E-state index in [0.29, 0.717) is 33.2 Å². The Morgan fingerprint density at radius 1 is 1.00 bits per heavy atom. The normalized spacial score (nSPS) is 10.8. The number of aromatic hydroxyl groups is 1. The second-order valence-corrected chi connectivity index (χ2v) is 6.21. The Hall–Kier alpha value is -3.93. The van der Waals surface area contributed by atoms with Crippen molar-refractivity contribution in [2.75, 3.05) is 7.11 Å². The Balaban J connectivity index is 1.87. The number of esters is 1. The van der Waals surface area contributed by atoms with Crippen LogP contribution < -0.4 is 5.56 Å². The number of H-pyrrole nitrogens is 1. The lowest BCUT2D eigenvalue weighted by Crippen LogP contribution is -2.09. The highest BCUT2D eigenvalue weighted by Gasteiger charge is 2.15. The molecule has 4 rings (SSSR count). The maximum Gasteiger partial charge on any atom is 0.337 e. The van der Waals surface area contributed by atoms with Crippen LogP contribution in [0.15, 0.2) is 71.5 Å². The number of ether oxygens (including phenoxy) is 1. The summed E-state index contributed by atoms with van der Waals surface area (Å²) in [5.41, 5.74) is 2.19. The number of rotatable bonds is 3. The van der Waals surface area contributed by atoms with E-state index in [1.54, 1.807) is 66.7 Å². The van der Waals surface area contributed by atoms with Crippen LogP contribution in [0, 0.1) is 0 Å². The predicted octanol–water partition coefficient (Wildman–Crippen LogP) is 3.75. The predicted molar refractivity (Wildman–Crippen MR) is 106 cm³/mol. The van der Waals surface area contributed by atoms with Gasteiger partial charge >= 0.3 is 5.97 Å². The molecule has 0 unspecified atom stereocenters. The van der Waals surface area contributed by atoms with Gasteiger partial charge in [-0.25, -0.2) is 9.78 Å². The van der Waals surface area contributed by atoms with Gasteiger partial charge in [0.05, 0.1) is 29.1 Å². The lowest BCUT2D eigenvalue weighted by atomic mass is 9.99. The molecule has 0 aliphatic rings. The first-order valence-electron chi connectivity index (χ1n) is 8.58. The van der Waals surface area contributed by atoms with Crippen LogP contribution in [0.5, 0.6) is 5.75 Å². The highest BCUT2D eigenvalue weighted by Crippen LogP contribution is 2.37. The molecule has 0 aliphatic heterocycles. The molecular formula is C22H16N2O4. The molecule has 0 radical (unpaired) electrons. The van der Waals surface area contributed by atoms with Crippen LogP contribution >= 0.6 is 0 Å². The van der Waals surface area contributed by atoms with Crippen molar-refractivity contribution in [3.05, 3.63) is 82.6 Å². The SMILES string of the molecule is COC(=O)c1cccc(-c2cccc(-c3nc4ccccc4c(=O)[nH]3)c2O)c1. The van der Waals surface area contributed by atoms with Crippen molar-refractivity contribution >= 4 is 16.9 Å². The molecule has 0 spiro atoms. The summed E-state index contributed by atoms with van der Waals surface area (Å²) in [4.78, 5) is 31.4. The lowest BCUT2D eigenvalue weighted by molar-refractivity contribution is 0.0601. The largest absolute Gasteiger partial charge is 0.507 e. The van der Waals surface area contributed by atoms with Gasteiger partial charge in [-0.1, -0.05) is 36.4 Å². The molecule has 1 heterocycles. The van der Waals surface area contributed by atoms with Crippen molar-refractivity contribution < 1.29 is 14.6 Å². The number of carbonyl (C=O) groups excluding carboxylic acids is 1. The highest BCUT2D eigenvalue weighted by molar-refractivity contribution is 5.92. The molecule has 0 atom stereocenters. The van der Waals surface area contributed by atoms with E-state index < -0.39 is 5.97 Å². The zero-order chi connectivity index (χ0) is 19.7. The van der Waals surface area contributed by atoms with Crippen LogP contribution in [-0.2, 0) is 4.74 Å². The molecule has 4 aromatic rings. The number of carbonyl (C=O) groups is 1. The topological polar surface area (TPSA) is 92.3 Å². The number of phenolic OH excluding ortho intramolecular Hbond substituents is 1. The van der Waals surface area contributed by atoms with Crippen molar-refractivity contribution in [3.8, 4) is 28.3 Å². The first kappa shape index (κ1) is 17.5. The van der Waals surface area contributed by atoms with E-state index in [-0.39, 0.29) is 17.1 Å². The number of nitrogens with zero attached hydrogens (tertiary/aromatic N) is 1. The molecule has 0 saturated carbocycles. The zero-order valence-electron chi connectivity index (χ0n) is 15.0. The summed E-state index contributed by atoms with van der Waals surface area (Å²) < 4.78 is 4.75. The minimum absolute atomic E-state index is 0.0389. The maximum absolute atomic E-state index is 12.4. The summed E-state index contributed by atoms with van der Waals surface area (Å²) in [6.07, 6.45) is 0. The second-order valence-electron chi connectivity index (χ2n) is 6.21. The molecule has 0 amide bonds. The van der Waals surface area contributed by atoms with Gasteiger partial charge < -0.3 is 14.8 Å². The number of fused-ring (bicyclic) bond motifs is 1. The number of benzene rings is 3. The fourth-order valence-electron chi connectivity index (χ4n) is 3.11. The Morgan fingerprint density at radius 2 is 1.75 bits per heavy atom. The molecule has 6 heteroatoms. The third-order valence-corrected chi connectivity index (χ3v) is 4.50. The van der Waals surface area contributed by atoms with Crippen LogP contribution in [-0.4, -0.2) is 28.2 Å². The Kier molecular flexibility index (Phi) is 4.37. The van der Waals surface area contributed by atoms with Crippen molar-refractivity contribution in [3.63, 3.8) is 0 Å². The van der Waals surface area contributed by atoms with Crippen LogP contribution in [0.1, 0.15) is 10.4 Å². The summed E-state index contributed by atoms with van der Waals surface area (Å²) in [7, 11) is 1.31. The van der Waals surface area contributed by atoms with Crippen LogP contribution in [0.3, 0.4) is 0 Å². The molecule has 0 fully saturated rings. The number of phenols is 1. The molecule has 138 valence electrons. The van der Waals surface area contributed by atoms with Gasteiger partial charge in [0.15, 0.2) is 0 Å². The third kappa shape index (κ3) is 3.01. The smallest absolute Gasteiger partial charge is 0.337 e. The van der Waals surface area contributed by atoms with E-state index in [2.05, 4.69) is 9.97 Å². The van der Waals surface area contributed by atoms with E-state index >= 15 is 0 Å². The third-order valence-electron chi connectivity index (χ3n) is 4.50. The van der Waals surface area contributed by atoms with Crippen LogP contribution in [0.2, 0.25) is 0 Å². The fourth-order valence-corrected chi connectivity index (χ4v) is 3.11. The van der Waals surface area contributed by atoms with E-state index in [1.165, 1.54) is 7.11 Å². The van der Waals surface area contributed by atoms with Crippen molar-refractivity contribution in [2.45, 2.75) is 0 Å². The molecule has 6 nitrogen and oxygen atoms in total. The molecule has 3 aromatic carbocycles. The van der Waals surface area contributed by atoms with Crippen molar-refractivity contribution in [1.29, 1.82) is 0 Å². The van der Waals surface area contributed by atoms with Crippen molar-refractivity contribution in [2.24, 2.45) is 0 Å². The molecule has 2 N–H and O–H groups in total. The Labute approximate surface area is 160 Å². The quantitative estimate of drug-likeness (QED) is 0.534. The number of aromatic nitrogens is 2. The fraction of sp³-hybridized carbons (Fsp3) is 0.0455. The number of para-hydroxylation sites is 2. The first-order valence-corrected chi connectivity index (χ1v) is 8.58. The molecule has 0 saturated heterocycles. The van der Waals surface area contributed by atoms with Crippen LogP contribution in [0.4, 0.5) is 0 Å². The van der Waals surface area contributed by atoms with E-state index in [1.807, 2.05) is 0 Å². The lowest BCUT2D eigenvalue weighted by Gasteiger charge is -2.11. The molecule has 0 bridgehead atoms. The van der Waals surface area contributed by atoms with Crippen LogP contribution in [0.25, 0.3) is 33.4 Å². The van der Waals surface area contributed by atoms with Gasteiger partial charge in [-0.15, -0.1) is 0 Å².